The van der Waals surface area contributed by atoms with Gasteiger partial charge >= 0.3 is 0 Å². The zero-order valence-electron chi connectivity index (χ0n) is 15.2. The zero-order valence-corrected chi connectivity index (χ0v) is 15.2. The SMILES string of the molecule is COc1ccc(CCNC[C@H]2CCO[C@@H]2c2cnn(C)c2)c(OC)c1. The van der Waals surface area contributed by atoms with Gasteiger partial charge in [0, 0.05) is 43.9 Å². The third kappa shape index (κ3) is 4.32. The summed E-state index contributed by atoms with van der Waals surface area (Å²) in [5.41, 5.74) is 2.35. The first-order valence-corrected chi connectivity index (χ1v) is 8.73. The van der Waals surface area contributed by atoms with Crippen LogP contribution in [-0.4, -0.2) is 43.7 Å². The van der Waals surface area contributed by atoms with Gasteiger partial charge in [-0.25, -0.2) is 0 Å². The van der Waals surface area contributed by atoms with Crippen molar-refractivity contribution in [2.24, 2.45) is 13.0 Å². The summed E-state index contributed by atoms with van der Waals surface area (Å²) in [6.45, 7) is 2.66. The lowest BCUT2D eigenvalue weighted by Gasteiger charge is -2.18. The van der Waals surface area contributed by atoms with Gasteiger partial charge < -0.3 is 19.5 Å². The number of nitrogens with one attached hydrogen (secondary N) is 1. The van der Waals surface area contributed by atoms with Crippen LogP contribution < -0.4 is 14.8 Å². The van der Waals surface area contributed by atoms with Gasteiger partial charge in [-0.2, -0.15) is 5.10 Å². The lowest BCUT2D eigenvalue weighted by Crippen LogP contribution is -2.26. The molecule has 1 aliphatic rings. The number of hydrogen-bond acceptors (Lipinski definition) is 5. The molecule has 1 aromatic carbocycles. The molecule has 136 valence electrons. The molecule has 1 aromatic heterocycles. The van der Waals surface area contributed by atoms with Gasteiger partial charge in [0.05, 0.1) is 26.5 Å². The minimum Gasteiger partial charge on any atom is -0.497 e. The van der Waals surface area contributed by atoms with Crippen molar-refractivity contribution in [3.05, 3.63) is 41.7 Å². The lowest BCUT2D eigenvalue weighted by molar-refractivity contribution is 0.0905. The monoisotopic (exact) mass is 345 g/mol. The van der Waals surface area contributed by atoms with Gasteiger partial charge in [-0.3, -0.25) is 4.68 Å². The first-order valence-electron chi connectivity index (χ1n) is 8.73. The summed E-state index contributed by atoms with van der Waals surface area (Å²) in [6.07, 6.45) is 6.10. The second-order valence-electron chi connectivity index (χ2n) is 6.42. The van der Waals surface area contributed by atoms with Crippen LogP contribution in [0.3, 0.4) is 0 Å². The summed E-state index contributed by atoms with van der Waals surface area (Å²) >= 11 is 0. The van der Waals surface area contributed by atoms with E-state index < -0.39 is 0 Å². The maximum atomic E-state index is 5.92. The number of hydrogen-bond donors (Lipinski definition) is 1. The summed E-state index contributed by atoms with van der Waals surface area (Å²) in [5.74, 6) is 2.18. The van der Waals surface area contributed by atoms with Crippen molar-refractivity contribution in [3.8, 4) is 11.5 Å². The van der Waals surface area contributed by atoms with E-state index in [4.69, 9.17) is 14.2 Å². The van der Waals surface area contributed by atoms with Crippen LogP contribution in [0.15, 0.2) is 30.6 Å². The minimum absolute atomic E-state index is 0.150. The Morgan fingerprint density at radius 1 is 1.32 bits per heavy atom. The fourth-order valence-electron chi connectivity index (χ4n) is 3.37. The Balaban J connectivity index is 1.50. The molecule has 1 aliphatic heterocycles. The normalized spacial score (nSPS) is 20.0. The van der Waals surface area contributed by atoms with E-state index in [1.807, 2.05) is 36.3 Å². The van der Waals surface area contributed by atoms with Crippen molar-refractivity contribution in [3.63, 3.8) is 0 Å². The van der Waals surface area contributed by atoms with E-state index in [2.05, 4.69) is 16.5 Å². The molecule has 1 fully saturated rings. The predicted molar refractivity (Wildman–Crippen MR) is 96.1 cm³/mol. The van der Waals surface area contributed by atoms with Crippen LogP contribution in [0.2, 0.25) is 0 Å². The Morgan fingerprint density at radius 3 is 2.92 bits per heavy atom. The van der Waals surface area contributed by atoms with Crippen molar-refractivity contribution < 1.29 is 14.2 Å². The van der Waals surface area contributed by atoms with Crippen molar-refractivity contribution >= 4 is 0 Å². The molecule has 0 amide bonds. The number of aromatic nitrogens is 2. The fraction of sp³-hybridized carbons (Fsp3) is 0.526. The van der Waals surface area contributed by atoms with Gasteiger partial charge in [0.25, 0.3) is 0 Å². The Labute approximate surface area is 149 Å². The van der Waals surface area contributed by atoms with Crippen molar-refractivity contribution in [2.75, 3.05) is 33.9 Å². The van der Waals surface area contributed by atoms with Crippen LogP contribution in [-0.2, 0) is 18.2 Å². The molecule has 0 unspecified atom stereocenters. The van der Waals surface area contributed by atoms with Gasteiger partial charge in [-0.15, -0.1) is 0 Å². The highest BCUT2D eigenvalue weighted by Gasteiger charge is 2.30. The van der Waals surface area contributed by atoms with Crippen LogP contribution in [0.4, 0.5) is 0 Å². The average Bonchev–Trinajstić information content (AvgIpc) is 3.27. The smallest absolute Gasteiger partial charge is 0.125 e. The third-order valence-electron chi connectivity index (χ3n) is 4.74. The largest absolute Gasteiger partial charge is 0.497 e. The highest BCUT2D eigenvalue weighted by molar-refractivity contribution is 5.40. The maximum Gasteiger partial charge on any atom is 0.125 e. The molecule has 0 bridgehead atoms. The molecule has 0 radical (unpaired) electrons. The first-order chi connectivity index (χ1) is 12.2. The average molecular weight is 345 g/mol. The molecule has 2 aromatic rings. The maximum absolute atomic E-state index is 5.92. The molecule has 2 atom stereocenters. The Kier molecular flexibility index (Phi) is 5.94. The minimum atomic E-state index is 0.150. The van der Waals surface area contributed by atoms with Crippen LogP contribution in [0.1, 0.15) is 23.7 Å². The van der Waals surface area contributed by atoms with E-state index in [1.54, 1.807) is 14.2 Å². The molecule has 2 heterocycles. The van der Waals surface area contributed by atoms with Crippen LogP contribution in [0.5, 0.6) is 11.5 Å². The van der Waals surface area contributed by atoms with Crippen LogP contribution in [0, 0.1) is 5.92 Å². The van der Waals surface area contributed by atoms with Crippen molar-refractivity contribution in [1.29, 1.82) is 0 Å². The molecule has 1 N–H and O–H groups in total. The summed E-state index contributed by atoms with van der Waals surface area (Å²) in [4.78, 5) is 0. The van der Waals surface area contributed by atoms with Gasteiger partial charge in [0.2, 0.25) is 0 Å². The Bertz CT molecular complexity index is 686. The number of aryl methyl sites for hydroxylation is 1. The molecule has 0 aliphatic carbocycles. The fourth-order valence-corrected chi connectivity index (χ4v) is 3.37. The van der Waals surface area contributed by atoms with Gasteiger partial charge in [-0.1, -0.05) is 6.07 Å². The molecule has 6 nitrogen and oxygen atoms in total. The predicted octanol–water partition coefficient (Wildman–Crippen LogP) is 2.35. The standard InChI is InChI=1S/C19H27N3O3/c1-22-13-16(12-21-22)19-15(7-9-25-19)11-20-8-6-14-4-5-17(23-2)10-18(14)24-3/h4-5,10,12-13,15,19-20H,6-9,11H2,1-3H3/t15-,19+/m1/s1. The molecular weight excluding hydrogens is 318 g/mol. The first kappa shape index (κ1) is 17.8. The lowest BCUT2D eigenvalue weighted by atomic mass is 9.97. The van der Waals surface area contributed by atoms with E-state index in [0.29, 0.717) is 5.92 Å². The molecule has 0 saturated carbocycles. The van der Waals surface area contributed by atoms with Gasteiger partial charge in [0.15, 0.2) is 0 Å². The second kappa shape index (κ2) is 8.36. The van der Waals surface area contributed by atoms with E-state index in [1.165, 1.54) is 11.1 Å². The van der Waals surface area contributed by atoms with Gasteiger partial charge in [-0.05, 0) is 31.0 Å². The number of rotatable bonds is 8. The molecular formula is C19H27N3O3. The van der Waals surface area contributed by atoms with Crippen molar-refractivity contribution in [2.45, 2.75) is 18.9 Å². The van der Waals surface area contributed by atoms with Crippen LogP contribution in [0.25, 0.3) is 0 Å². The molecule has 3 rings (SSSR count). The Hall–Kier alpha value is -2.05. The summed E-state index contributed by atoms with van der Waals surface area (Å²) in [6, 6.07) is 5.97. The number of benzene rings is 1. The number of nitrogens with zero attached hydrogens (tertiary/aromatic N) is 2. The van der Waals surface area contributed by atoms with Crippen LogP contribution >= 0.6 is 0 Å². The summed E-state index contributed by atoms with van der Waals surface area (Å²) in [7, 11) is 5.30. The summed E-state index contributed by atoms with van der Waals surface area (Å²) < 4.78 is 18.4. The third-order valence-corrected chi connectivity index (χ3v) is 4.74. The molecule has 6 heteroatoms. The van der Waals surface area contributed by atoms with E-state index in [-0.39, 0.29) is 6.10 Å². The highest BCUT2D eigenvalue weighted by Crippen LogP contribution is 2.33. The molecule has 25 heavy (non-hydrogen) atoms. The zero-order chi connectivity index (χ0) is 17.6. The van der Waals surface area contributed by atoms with E-state index >= 15 is 0 Å². The number of ether oxygens (including phenoxy) is 3. The summed E-state index contributed by atoms with van der Waals surface area (Å²) in [5, 5.41) is 7.83. The van der Waals surface area contributed by atoms with E-state index in [0.717, 1.165) is 44.0 Å². The molecule has 1 saturated heterocycles. The topological polar surface area (TPSA) is 57.5 Å². The number of methoxy groups -OCH3 is 2. The van der Waals surface area contributed by atoms with E-state index in [9.17, 15) is 0 Å². The van der Waals surface area contributed by atoms with Crippen molar-refractivity contribution in [1.82, 2.24) is 15.1 Å². The Morgan fingerprint density at radius 2 is 2.20 bits per heavy atom. The van der Waals surface area contributed by atoms with Gasteiger partial charge in [0.1, 0.15) is 11.5 Å². The molecule has 0 spiro atoms. The second-order valence-corrected chi connectivity index (χ2v) is 6.42. The highest BCUT2D eigenvalue weighted by atomic mass is 16.5. The quantitative estimate of drug-likeness (QED) is 0.744.